The minimum absolute atomic E-state index is 0.0714. The number of amides is 1. The van der Waals surface area contributed by atoms with E-state index in [2.05, 4.69) is 24.7 Å². The Labute approximate surface area is 321 Å². The van der Waals surface area contributed by atoms with Crippen LogP contribution < -0.4 is 21.1 Å². The third kappa shape index (κ3) is 7.95. The van der Waals surface area contributed by atoms with E-state index in [1.165, 1.54) is 35.1 Å². The number of hydrogen-bond donors (Lipinski definition) is 3. The first kappa shape index (κ1) is 37.6. The quantitative estimate of drug-likeness (QED) is 0.0412. The number of nitrogen functional groups attached to an aromatic ring is 1. The first-order valence-electron chi connectivity index (χ1n) is 15.3. The van der Waals surface area contributed by atoms with E-state index in [0.717, 1.165) is 32.7 Å². The van der Waals surface area contributed by atoms with Gasteiger partial charge in [0, 0.05) is 57.4 Å². The van der Waals surface area contributed by atoms with Gasteiger partial charge in [-0.15, -0.1) is 34.4 Å². The van der Waals surface area contributed by atoms with E-state index < -0.39 is 29.0 Å². The summed E-state index contributed by atoms with van der Waals surface area (Å²) in [6.07, 6.45) is 7.26. The highest BCUT2D eigenvalue weighted by Gasteiger charge is 2.53. The molecular formula is C32H28ClN9O7S4. The van der Waals surface area contributed by atoms with Crippen molar-refractivity contribution in [3.05, 3.63) is 85.5 Å². The summed E-state index contributed by atoms with van der Waals surface area (Å²) in [5, 5.41) is 28.1. The van der Waals surface area contributed by atoms with E-state index in [0.29, 0.717) is 28.8 Å². The molecule has 2 aliphatic heterocycles. The van der Waals surface area contributed by atoms with Gasteiger partial charge in [-0.25, -0.2) is 19.5 Å². The number of nitrogens with zero attached hydrogens (tertiary/aromatic N) is 7. The van der Waals surface area contributed by atoms with Gasteiger partial charge >= 0.3 is 0 Å². The molecule has 7 rings (SSSR count). The summed E-state index contributed by atoms with van der Waals surface area (Å²) in [4.78, 5) is 67.1. The number of halogens is 1. The molecule has 0 unspecified atom stereocenters. The number of ketones is 1. The predicted molar refractivity (Wildman–Crippen MR) is 200 cm³/mol. The lowest BCUT2D eigenvalue weighted by atomic mass is 9.89. The van der Waals surface area contributed by atoms with Crippen molar-refractivity contribution in [2.45, 2.75) is 24.9 Å². The molecule has 1 amide bonds. The molecule has 0 spiro atoms. The number of carboxylic acid groups (broad SMARTS) is 2. The molecule has 0 aliphatic carbocycles. The number of carbonyl (C=O) groups is 4. The maximum atomic E-state index is 13.3. The molecule has 0 saturated carbocycles. The summed E-state index contributed by atoms with van der Waals surface area (Å²) in [6.45, 7) is 0.614. The van der Waals surface area contributed by atoms with E-state index in [4.69, 9.17) is 37.8 Å². The number of β-lactam (4-membered cyclic amide) rings is 1. The number of pyridine rings is 1. The highest BCUT2D eigenvalue weighted by Crippen LogP contribution is 2.45. The average molecular weight is 814 g/mol. The fourth-order valence-corrected chi connectivity index (χ4v) is 9.58. The van der Waals surface area contributed by atoms with Gasteiger partial charge in [-0.2, -0.15) is 0 Å². The number of hydrogen-bond acceptors (Lipinski definition) is 15. The summed E-state index contributed by atoms with van der Waals surface area (Å²) in [5.41, 5.74) is 14.0. The fourth-order valence-electron chi connectivity index (χ4n) is 5.86. The highest BCUT2D eigenvalue weighted by molar-refractivity contribution is 8.00. The number of aromatic nitrogens is 4. The van der Waals surface area contributed by atoms with Crippen LogP contribution in [0.5, 0.6) is 0 Å². The summed E-state index contributed by atoms with van der Waals surface area (Å²) in [5.74, 6) is -2.49. The Balaban J connectivity index is 0.00000155. The molecule has 2 aliphatic rings. The standard InChI is InChI=1S/C31H26ClN9O5S4.CH2O2/c1-46-38-22(23-25(32)50-30(34)36-23)21(42)9-19-27(43)41-24(29(44)45)17(14-49-28(19)41)11-39-5-3-20-15(10-39)2-6-40(20)12-18-8-16(13-48-18)26(33)37-31-35-4-7-47-31;2-1-3/h2-8,10,13,19,28H,9,11-12,14H2,1H3,(H4-,33,34,35,36,37,44,45);1H,(H,2,3)/b38-22+;/t19-,28-;/m1./s1. The minimum Gasteiger partial charge on any atom is -0.543 e. The normalized spacial score (nSPS) is 17.2. The van der Waals surface area contributed by atoms with Gasteiger partial charge in [-0.05, 0) is 12.1 Å². The Bertz CT molecular complexity index is 2300. The second kappa shape index (κ2) is 16.3. The van der Waals surface area contributed by atoms with Gasteiger partial charge in [0.25, 0.3) is 6.47 Å². The number of Topliss-reactive ketones (excluding diaryl/α,β-unsaturated/α-hetero) is 1. The van der Waals surface area contributed by atoms with Crippen LogP contribution in [0.25, 0.3) is 10.9 Å². The zero-order valence-electron chi connectivity index (χ0n) is 27.4. The second-order valence-electron chi connectivity index (χ2n) is 11.3. The zero-order chi connectivity index (χ0) is 37.8. The lowest BCUT2D eigenvalue weighted by Crippen LogP contribution is -2.63. The molecule has 16 nitrogen and oxygen atoms in total. The molecule has 7 heterocycles. The SMILES string of the molecule is CO/N=C(\C(=O)C[C@@H]1C(=O)N2C(C(=O)[O-])=C(C[n+]3ccc4c(ccn4Cc4cc(C(N)=Nc5nccs5)cs4)c3)CS[C@H]12)c1nc(N)sc1Cl.O=CO. The number of oxime groups is 1. The van der Waals surface area contributed by atoms with Crippen molar-refractivity contribution < 1.29 is 38.8 Å². The molecule has 5 aromatic rings. The summed E-state index contributed by atoms with van der Waals surface area (Å²) in [6, 6.07) is 5.98. The molecule has 0 aromatic carbocycles. The van der Waals surface area contributed by atoms with Crippen molar-refractivity contribution in [3.63, 3.8) is 0 Å². The molecule has 5 aromatic heterocycles. The van der Waals surface area contributed by atoms with Crippen LogP contribution in [0, 0.1) is 5.92 Å². The van der Waals surface area contributed by atoms with Crippen LogP contribution in [0.1, 0.15) is 22.6 Å². The summed E-state index contributed by atoms with van der Waals surface area (Å²) >= 11 is 11.6. The number of carbonyl (C=O) groups excluding carboxylic acids is 3. The van der Waals surface area contributed by atoms with Gasteiger partial charge in [0.15, 0.2) is 35.6 Å². The molecule has 1 saturated heterocycles. The molecule has 21 heteroatoms. The molecule has 53 heavy (non-hydrogen) atoms. The van der Waals surface area contributed by atoms with Crippen molar-refractivity contribution in [1.82, 2.24) is 19.4 Å². The van der Waals surface area contributed by atoms with Gasteiger partial charge in [0.05, 0.1) is 40.4 Å². The van der Waals surface area contributed by atoms with Gasteiger partial charge in [-0.3, -0.25) is 19.3 Å². The summed E-state index contributed by atoms with van der Waals surface area (Å²) in [7, 11) is 1.27. The van der Waals surface area contributed by atoms with E-state index in [1.54, 1.807) is 17.5 Å². The van der Waals surface area contributed by atoms with Crippen LogP contribution in [0.2, 0.25) is 4.34 Å². The predicted octanol–water partition coefficient (Wildman–Crippen LogP) is 2.47. The Morgan fingerprint density at radius 1 is 1.30 bits per heavy atom. The Morgan fingerprint density at radius 3 is 2.77 bits per heavy atom. The maximum absolute atomic E-state index is 13.3. The first-order chi connectivity index (χ1) is 25.5. The first-order valence-corrected chi connectivity index (χ1v) is 19.3. The lowest BCUT2D eigenvalue weighted by molar-refractivity contribution is -0.687. The number of thiazole rings is 2. The Morgan fingerprint density at radius 2 is 2.09 bits per heavy atom. The second-order valence-corrected chi connectivity index (χ2v) is 15.9. The number of amidine groups is 1. The van der Waals surface area contributed by atoms with Crippen molar-refractivity contribution in [3.8, 4) is 0 Å². The van der Waals surface area contributed by atoms with Gasteiger partial charge < -0.3 is 35.9 Å². The maximum Gasteiger partial charge on any atom is 0.290 e. The third-order valence-electron chi connectivity index (χ3n) is 8.08. The largest absolute Gasteiger partial charge is 0.543 e. The van der Waals surface area contributed by atoms with E-state index in [-0.39, 0.29) is 46.0 Å². The van der Waals surface area contributed by atoms with Crippen LogP contribution >= 0.6 is 57.4 Å². The van der Waals surface area contributed by atoms with Crippen molar-refractivity contribution in [2.24, 2.45) is 21.8 Å². The minimum atomic E-state index is -1.45. The number of nitrogens with two attached hydrogens (primary N) is 2. The van der Waals surface area contributed by atoms with Crippen molar-refractivity contribution >= 4 is 114 Å². The van der Waals surface area contributed by atoms with Gasteiger partial charge in [0.2, 0.25) is 11.0 Å². The fraction of sp³-hybridized carbons (Fsp3) is 0.219. The summed E-state index contributed by atoms with van der Waals surface area (Å²) < 4.78 is 4.17. The Kier molecular flexibility index (Phi) is 11.5. The molecular weight excluding hydrogens is 786 g/mol. The highest BCUT2D eigenvalue weighted by atomic mass is 35.5. The van der Waals surface area contributed by atoms with E-state index in [9.17, 15) is 19.5 Å². The topological polar surface area (TPSA) is 235 Å². The number of thioether (sulfide) groups is 1. The van der Waals surface area contributed by atoms with Crippen LogP contribution in [-0.4, -0.2) is 78.5 Å². The number of anilines is 1. The van der Waals surface area contributed by atoms with Crippen LogP contribution in [0.4, 0.5) is 10.3 Å². The monoisotopic (exact) mass is 813 g/mol. The smallest absolute Gasteiger partial charge is 0.290 e. The molecule has 5 N–H and O–H groups in total. The molecule has 1 fully saturated rings. The lowest BCUT2D eigenvalue weighted by Gasteiger charge is -2.50. The average Bonchev–Trinajstić information content (AvgIpc) is 3.95. The number of thiophene rings is 1. The number of aliphatic carboxylic acids is 1. The number of carboxylic acids is 1. The number of fused-ring (bicyclic) bond motifs is 2. The van der Waals surface area contributed by atoms with Crippen molar-refractivity contribution in [1.29, 1.82) is 0 Å². The number of rotatable bonds is 12. The van der Waals surface area contributed by atoms with E-state index >= 15 is 0 Å². The molecule has 274 valence electrons. The Hall–Kier alpha value is -5.15. The van der Waals surface area contributed by atoms with Crippen LogP contribution in [0.15, 0.2) is 75.2 Å². The van der Waals surface area contributed by atoms with Crippen LogP contribution in [-0.2, 0) is 37.1 Å². The molecule has 0 radical (unpaired) electrons. The van der Waals surface area contributed by atoms with Crippen LogP contribution in [0.3, 0.4) is 0 Å². The van der Waals surface area contributed by atoms with E-state index in [1.807, 2.05) is 52.1 Å². The zero-order valence-corrected chi connectivity index (χ0v) is 31.5. The third-order valence-corrected chi connectivity index (χ3v) is 12.1. The molecule has 2 atom stereocenters. The molecule has 0 bridgehead atoms. The van der Waals surface area contributed by atoms with Gasteiger partial charge in [0.1, 0.15) is 23.0 Å². The number of aliphatic imine (C=N–C) groups is 1. The van der Waals surface area contributed by atoms with Gasteiger partial charge in [-0.1, -0.05) is 28.1 Å². The van der Waals surface area contributed by atoms with Crippen molar-refractivity contribution in [2.75, 3.05) is 18.6 Å².